The number of fused-ring (bicyclic) bond motifs is 2. The fourth-order valence-electron chi connectivity index (χ4n) is 3.30. The van der Waals surface area contributed by atoms with Gasteiger partial charge in [-0.2, -0.15) is 0 Å². The lowest BCUT2D eigenvalue weighted by Gasteiger charge is -2.39. The summed E-state index contributed by atoms with van der Waals surface area (Å²) in [7, 11) is 0. The first kappa shape index (κ1) is 7.60. The minimum Gasteiger partial charge on any atom is -0.313 e. The molecular formula is C10H19N. The van der Waals surface area contributed by atoms with Crippen LogP contribution in [0.1, 0.15) is 40.0 Å². The highest BCUT2D eigenvalue weighted by atomic mass is 15.0. The molecule has 0 spiro atoms. The molecule has 1 heterocycles. The third-order valence-electron chi connectivity index (χ3n) is 3.26. The quantitative estimate of drug-likeness (QED) is 0.562. The SMILES string of the molecule is CC1(C)C[C@H]2C[C@](C)(CN2)C1. The molecule has 0 unspecified atom stereocenters. The third kappa shape index (κ3) is 1.31. The van der Waals surface area contributed by atoms with Crippen LogP contribution in [0.15, 0.2) is 0 Å². The molecule has 1 nitrogen and oxygen atoms in total. The van der Waals surface area contributed by atoms with Gasteiger partial charge in [0.2, 0.25) is 0 Å². The van der Waals surface area contributed by atoms with Crippen LogP contribution in [-0.2, 0) is 0 Å². The summed E-state index contributed by atoms with van der Waals surface area (Å²) in [4.78, 5) is 0. The van der Waals surface area contributed by atoms with E-state index in [9.17, 15) is 0 Å². The largest absolute Gasteiger partial charge is 0.313 e. The van der Waals surface area contributed by atoms with Crippen molar-refractivity contribution in [2.45, 2.75) is 46.1 Å². The summed E-state index contributed by atoms with van der Waals surface area (Å²) in [5, 5.41) is 3.61. The molecule has 2 fully saturated rings. The molecule has 2 bridgehead atoms. The molecule has 2 atom stereocenters. The van der Waals surface area contributed by atoms with Crippen molar-refractivity contribution in [2.24, 2.45) is 10.8 Å². The smallest absolute Gasteiger partial charge is 0.00780 e. The van der Waals surface area contributed by atoms with Crippen molar-refractivity contribution < 1.29 is 0 Å². The Morgan fingerprint density at radius 2 is 1.91 bits per heavy atom. The van der Waals surface area contributed by atoms with Crippen LogP contribution in [0, 0.1) is 10.8 Å². The Hall–Kier alpha value is -0.0400. The van der Waals surface area contributed by atoms with E-state index in [-0.39, 0.29) is 0 Å². The Kier molecular flexibility index (Phi) is 1.39. The third-order valence-corrected chi connectivity index (χ3v) is 3.26. The fraction of sp³-hybridized carbons (Fsp3) is 1.00. The molecule has 0 amide bonds. The van der Waals surface area contributed by atoms with Crippen LogP contribution >= 0.6 is 0 Å². The van der Waals surface area contributed by atoms with Crippen molar-refractivity contribution in [2.75, 3.05) is 6.54 Å². The van der Waals surface area contributed by atoms with Crippen molar-refractivity contribution in [1.82, 2.24) is 5.32 Å². The van der Waals surface area contributed by atoms with Crippen LogP contribution in [0.2, 0.25) is 0 Å². The molecule has 1 saturated carbocycles. The van der Waals surface area contributed by atoms with E-state index in [4.69, 9.17) is 0 Å². The van der Waals surface area contributed by atoms with Crippen LogP contribution in [-0.4, -0.2) is 12.6 Å². The van der Waals surface area contributed by atoms with E-state index in [1.807, 2.05) is 0 Å². The molecular weight excluding hydrogens is 134 g/mol. The van der Waals surface area contributed by atoms with E-state index in [2.05, 4.69) is 26.1 Å². The van der Waals surface area contributed by atoms with Gasteiger partial charge in [0.15, 0.2) is 0 Å². The minimum atomic E-state index is 0.584. The molecule has 1 saturated heterocycles. The molecule has 1 N–H and O–H groups in total. The van der Waals surface area contributed by atoms with Gasteiger partial charge in [-0.15, -0.1) is 0 Å². The Morgan fingerprint density at radius 1 is 1.18 bits per heavy atom. The van der Waals surface area contributed by atoms with Crippen LogP contribution in [0.5, 0.6) is 0 Å². The molecule has 1 heteroatoms. The monoisotopic (exact) mass is 153 g/mol. The van der Waals surface area contributed by atoms with Gasteiger partial charge in [0.25, 0.3) is 0 Å². The second-order valence-corrected chi connectivity index (χ2v) is 5.64. The molecule has 2 aliphatic rings. The average molecular weight is 153 g/mol. The first-order valence-electron chi connectivity index (χ1n) is 4.73. The van der Waals surface area contributed by atoms with Gasteiger partial charge in [-0.1, -0.05) is 20.8 Å². The lowest BCUT2D eigenvalue weighted by atomic mass is 9.65. The van der Waals surface area contributed by atoms with Gasteiger partial charge in [0.1, 0.15) is 0 Å². The van der Waals surface area contributed by atoms with Gasteiger partial charge < -0.3 is 5.32 Å². The van der Waals surface area contributed by atoms with Crippen molar-refractivity contribution in [3.8, 4) is 0 Å². The molecule has 0 aromatic carbocycles. The molecule has 64 valence electrons. The minimum absolute atomic E-state index is 0.584. The zero-order chi connectivity index (χ0) is 8.11. The number of rotatable bonds is 0. The molecule has 11 heavy (non-hydrogen) atoms. The van der Waals surface area contributed by atoms with Crippen molar-refractivity contribution in [3.63, 3.8) is 0 Å². The fourth-order valence-corrected chi connectivity index (χ4v) is 3.30. The predicted molar refractivity (Wildman–Crippen MR) is 47.5 cm³/mol. The van der Waals surface area contributed by atoms with Crippen molar-refractivity contribution in [3.05, 3.63) is 0 Å². The molecule has 2 rings (SSSR count). The van der Waals surface area contributed by atoms with Crippen molar-refractivity contribution >= 4 is 0 Å². The van der Waals surface area contributed by atoms with Crippen molar-refractivity contribution in [1.29, 1.82) is 0 Å². The Bertz CT molecular complexity index is 174. The first-order valence-corrected chi connectivity index (χ1v) is 4.73. The van der Waals surface area contributed by atoms with Gasteiger partial charge in [0.05, 0.1) is 0 Å². The topological polar surface area (TPSA) is 12.0 Å². The number of hydrogen-bond acceptors (Lipinski definition) is 1. The van der Waals surface area contributed by atoms with E-state index in [0.29, 0.717) is 10.8 Å². The summed E-state index contributed by atoms with van der Waals surface area (Å²) in [6.45, 7) is 8.50. The molecule has 0 radical (unpaired) electrons. The summed E-state index contributed by atoms with van der Waals surface area (Å²) in [6.07, 6.45) is 4.20. The maximum Gasteiger partial charge on any atom is 0.00780 e. The van der Waals surface area contributed by atoms with Crippen LogP contribution in [0.4, 0.5) is 0 Å². The highest BCUT2D eigenvalue weighted by molar-refractivity contribution is 5.00. The summed E-state index contributed by atoms with van der Waals surface area (Å²) in [6, 6.07) is 0.823. The average Bonchev–Trinajstić information content (AvgIpc) is 2.03. The lowest BCUT2D eigenvalue weighted by Crippen LogP contribution is -2.33. The van der Waals surface area contributed by atoms with Crippen LogP contribution < -0.4 is 5.32 Å². The Labute approximate surface area is 69.6 Å². The van der Waals surface area contributed by atoms with E-state index in [0.717, 1.165) is 6.04 Å². The van der Waals surface area contributed by atoms with Crippen LogP contribution in [0.3, 0.4) is 0 Å². The highest BCUT2D eigenvalue weighted by Crippen LogP contribution is 2.48. The normalized spacial score (nSPS) is 47.7. The zero-order valence-corrected chi connectivity index (χ0v) is 7.91. The summed E-state index contributed by atoms with van der Waals surface area (Å²) in [5.41, 5.74) is 1.20. The summed E-state index contributed by atoms with van der Waals surface area (Å²) >= 11 is 0. The number of hydrogen-bond donors (Lipinski definition) is 1. The van der Waals surface area contributed by atoms with Gasteiger partial charge in [0, 0.05) is 12.6 Å². The van der Waals surface area contributed by atoms with Gasteiger partial charge in [-0.25, -0.2) is 0 Å². The Morgan fingerprint density at radius 3 is 2.55 bits per heavy atom. The molecule has 1 aliphatic carbocycles. The zero-order valence-electron chi connectivity index (χ0n) is 7.91. The summed E-state index contributed by atoms with van der Waals surface area (Å²) in [5.74, 6) is 0. The van der Waals surface area contributed by atoms with Gasteiger partial charge in [-0.05, 0) is 30.1 Å². The highest BCUT2D eigenvalue weighted by Gasteiger charge is 2.45. The second-order valence-electron chi connectivity index (χ2n) is 5.64. The molecule has 1 aliphatic heterocycles. The first-order chi connectivity index (χ1) is 4.99. The van der Waals surface area contributed by atoms with E-state index in [1.54, 1.807) is 0 Å². The standard InChI is InChI=1S/C10H19N/c1-9(2)4-8-5-10(3,6-9)7-11-8/h8,11H,4-7H2,1-3H3/t8-,10-/m0/s1. The second kappa shape index (κ2) is 2.01. The van der Waals surface area contributed by atoms with E-state index >= 15 is 0 Å². The number of nitrogens with one attached hydrogen (secondary N) is 1. The van der Waals surface area contributed by atoms with Gasteiger partial charge in [-0.3, -0.25) is 0 Å². The van der Waals surface area contributed by atoms with Crippen LogP contribution in [0.25, 0.3) is 0 Å². The lowest BCUT2D eigenvalue weighted by molar-refractivity contribution is 0.135. The van der Waals surface area contributed by atoms with E-state index < -0.39 is 0 Å². The molecule has 0 aromatic rings. The summed E-state index contributed by atoms with van der Waals surface area (Å²) < 4.78 is 0. The van der Waals surface area contributed by atoms with E-state index in [1.165, 1.54) is 25.8 Å². The maximum absolute atomic E-state index is 3.61. The van der Waals surface area contributed by atoms with Gasteiger partial charge >= 0.3 is 0 Å². The molecule has 0 aromatic heterocycles. The predicted octanol–water partition coefficient (Wildman–Crippen LogP) is 2.17. The Balaban J connectivity index is 2.19. The maximum atomic E-state index is 3.61.